The molecule has 0 N–H and O–H groups in total. The van der Waals surface area contributed by atoms with Crippen molar-refractivity contribution in [3.05, 3.63) is 24.8 Å². The van der Waals surface area contributed by atoms with Crippen LogP contribution in [0.5, 0.6) is 0 Å². The number of hydrogen-bond acceptors (Lipinski definition) is 2. The number of fused-ring (bicyclic) bond motifs is 2. The molecule has 3 atom stereocenters. The number of carbonyl (C=O) groups excluding carboxylic acids is 1. The van der Waals surface area contributed by atoms with Crippen LogP contribution in [0, 0.1) is 17.8 Å². The zero-order valence-corrected chi connectivity index (χ0v) is 8.32. The fourth-order valence-electron chi connectivity index (χ4n) is 2.46. The molecule has 0 heterocycles. The lowest BCUT2D eigenvalue weighted by Crippen LogP contribution is -2.17. The number of esters is 1. The van der Waals surface area contributed by atoms with Gasteiger partial charge in [-0.2, -0.15) is 0 Å². The van der Waals surface area contributed by atoms with Gasteiger partial charge in [0.05, 0.1) is 13.0 Å². The minimum atomic E-state index is -0.147. The van der Waals surface area contributed by atoms with E-state index in [2.05, 4.69) is 18.7 Å². The van der Waals surface area contributed by atoms with E-state index in [0.29, 0.717) is 24.9 Å². The van der Waals surface area contributed by atoms with Crippen molar-refractivity contribution < 1.29 is 9.53 Å². The molecule has 76 valence electrons. The molecule has 2 bridgehead atoms. The maximum absolute atomic E-state index is 11.1. The molecule has 0 aliphatic heterocycles. The fraction of sp³-hybridized carbons (Fsp3) is 0.583. The van der Waals surface area contributed by atoms with Crippen LogP contribution in [-0.4, -0.2) is 12.6 Å². The fourth-order valence-corrected chi connectivity index (χ4v) is 2.46. The molecule has 0 aromatic heterocycles. The molecule has 2 heteroatoms. The van der Waals surface area contributed by atoms with Gasteiger partial charge in [-0.1, -0.05) is 18.2 Å². The molecule has 2 aliphatic rings. The number of allylic oxidation sites excluding steroid dienone is 2. The highest BCUT2D eigenvalue weighted by molar-refractivity contribution is 5.70. The summed E-state index contributed by atoms with van der Waals surface area (Å²) in [6, 6.07) is 0. The first-order chi connectivity index (χ1) is 6.79. The lowest BCUT2D eigenvalue weighted by molar-refractivity contribution is -0.144. The van der Waals surface area contributed by atoms with Crippen LogP contribution in [0.2, 0.25) is 0 Å². The van der Waals surface area contributed by atoms with Crippen LogP contribution in [0.3, 0.4) is 0 Å². The minimum absolute atomic E-state index is 0.147. The molecule has 2 nitrogen and oxygen atoms in total. The van der Waals surface area contributed by atoms with Gasteiger partial charge in [0.2, 0.25) is 0 Å². The number of hydrogen-bond donors (Lipinski definition) is 0. The van der Waals surface area contributed by atoms with Gasteiger partial charge in [-0.15, -0.1) is 6.58 Å². The van der Waals surface area contributed by atoms with Crippen molar-refractivity contribution in [1.29, 1.82) is 0 Å². The molecule has 0 radical (unpaired) electrons. The summed E-state index contributed by atoms with van der Waals surface area (Å²) in [5.74, 6) is 1.84. The van der Waals surface area contributed by atoms with E-state index in [-0.39, 0.29) is 5.97 Å². The Bertz CT molecular complexity index is 267. The van der Waals surface area contributed by atoms with E-state index < -0.39 is 0 Å². The van der Waals surface area contributed by atoms with Crippen molar-refractivity contribution in [2.24, 2.45) is 17.8 Å². The molecular formula is C12H16O2. The molecule has 2 rings (SSSR count). The van der Waals surface area contributed by atoms with E-state index in [9.17, 15) is 4.79 Å². The van der Waals surface area contributed by atoms with E-state index in [1.165, 1.54) is 12.8 Å². The van der Waals surface area contributed by atoms with Crippen LogP contribution in [0.25, 0.3) is 0 Å². The quantitative estimate of drug-likeness (QED) is 0.504. The van der Waals surface area contributed by atoms with Crippen LogP contribution in [0.1, 0.15) is 19.3 Å². The molecular weight excluding hydrogens is 176 g/mol. The van der Waals surface area contributed by atoms with Crippen molar-refractivity contribution in [2.45, 2.75) is 19.3 Å². The van der Waals surface area contributed by atoms with Crippen LogP contribution < -0.4 is 0 Å². The average molecular weight is 192 g/mol. The van der Waals surface area contributed by atoms with Gasteiger partial charge in [-0.05, 0) is 30.6 Å². The minimum Gasteiger partial charge on any atom is -0.465 e. The van der Waals surface area contributed by atoms with Crippen molar-refractivity contribution in [3.8, 4) is 0 Å². The monoisotopic (exact) mass is 192 g/mol. The molecule has 1 saturated carbocycles. The van der Waals surface area contributed by atoms with Crippen molar-refractivity contribution >= 4 is 5.97 Å². The molecule has 0 spiro atoms. The standard InChI is InChI=1S/C12H16O2/c1-2-3-12(13)14-8-11-7-9-4-5-10(11)6-9/h2,4-5,9-11H,1,3,6-8H2/t9-,10-,11-/m0/s1. The summed E-state index contributed by atoms with van der Waals surface area (Å²) in [7, 11) is 0. The van der Waals surface area contributed by atoms with Gasteiger partial charge in [-0.25, -0.2) is 0 Å². The summed E-state index contributed by atoms with van der Waals surface area (Å²) >= 11 is 0. The highest BCUT2D eigenvalue weighted by Crippen LogP contribution is 2.43. The Labute approximate surface area is 84.6 Å². The number of rotatable bonds is 4. The first-order valence-electron chi connectivity index (χ1n) is 5.24. The largest absolute Gasteiger partial charge is 0.465 e. The summed E-state index contributed by atoms with van der Waals surface area (Å²) in [5, 5.41) is 0. The second-order valence-electron chi connectivity index (χ2n) is 4.22. The molecule has 0 unspecified atom stereocenters. The Balaban J connectivity index is 1.74. The van der Waals surface area contributed by atoms with Gasteiger partial charge in [0.1, 0.15) is 0 Å². The summed E-state index contributed by atoms with van der Waals surface area (Å²) in [6.07, 6.45) is 8.96. The van der Waals surface area contributed by atoms with Crippen LogP contribution in [-0.2, 0) is 9.53 Å². The highest BCUT2D eigenvalue weighted by Gasteiger charge is 2.35. The first kappa shape index (κ1) is 9.50. The van der Waals surface area contributed by atoms with Crippen molar-refractivity contribution in [2.75, 3.05) is 6.61 Å². The third-order valence-electron chi connectivity index (χ3n) is 3.19. The van der Waals surface area contributed by atoms with E-state index in [0.717, 1.165) is 5.92 Å². The summed E-state index contributed by atoms with van der Waals surface area (Å²) in [6.45, 7) is 4.10. The molecule has 0 aromatic carbocycles. The van der Waals surface area contributed by atoms with E-state index in [4.69, 9.17) is 4.74 Å². The lowest BCUT2D eigenvalue weighted by atomic mass is 9.95. The summed E-state index contributed by atoms with van der Waals surface area (Å²) < 4.78 is 5.17. The van der Waals surface area contributed by atoms with Gasteiger partial charge in [0.15, 0.2) is 0 Å². The Morgan fingerprint density at radius 3 is 2.93 bits per heavy atom. The number of ether oxygens (including phenoxy) is 1. The molecule has 0 saturated heterocycles. The predicted molar refractivity (Wildman–Crippen MR) is 54.6 cm³/mol. The molecule has 0 amide bonds. The average Bonchev–Trinajstić information content (AvgIpc) is 2.76. The Hall–Kier alpha value is -1.05. The molecule has 1 fully saturated rings. The number of carbonyl (C=O) groups is 1. The van der Waals surface area contributed by atoms with Gasteiger partial charge < -0.3 is 4.74 Å². The van der Waals surface area contributed by atoms with Crippen LogP contribution >= 0.6 is 0 Å². The normalized spacial score (nSPS) is 33.3. The molecule has 2 aliphatic carbocycles. The van der Waals surface area contributed by atoms with E-state index in [1.807, 2.05) is 0 Å². The predicted octanol–water partition coefficient (Wildman–Crippen LogP) is 2.32. The Morgan fingerprint density at radius 2 is 2.36 bits per heavy atom. The molecule has 14 heavy (non-hydrogen) atoms. The second kappa shape index (κ2) is 3.99. The van der Waals surface area contributed by atoms with Crippen LogP contribution in [0.4, 0.5) is 0 Å². The van der Waals surface area contributed by atoms with E-state index >= 15 is 0 Å². The van der Waals surface area contributed by atoms with Gasteiger partial charge in [0.25, 0.3) is 0 Å². The SMILES string of the molecule is C=CCC(=O)OC[C@@H]1C[C@H]2C=C[C@H]1C2. The third-order valence-corrected chi connectivity index (χ3v) is 3.19. The Kier molecular flexibility index (Phi) is 2.71. The summed E-state index contributed by atoms with van der Waals surface area (Å²) in [4.78, 5) is 11.1. The third kappa shape index (κ3) is 1.89. The van der Waals surface area contributed by atoms with Gasteiger partial charge in [0, 0.05) is 0 Å². The van der Waals surface area contributed by atoms with Crippen LogP contribution in [0.15, 0.2) is 24.8 Å². The van der Waals surface area contributed by atoms with Gasteiger partial charge >= 0.3 is 5.97 Å². The van der Waals surface area contributed by atoms with E-state index in [1.54, 1.807) is 6.08 Å². The Morgan fingerprint density at radius 1 is 1.50 bits per heavy atom. The first-order valence-corrected chi connectivity index (χ1v) is 5.24. The zero-order chi connectivity index (χ0) is 9.97. The van der Waals surface area contributed by atoms with Gasteiger partial charge in [-0.3, -0.25) is 4.79 Å². The maximum atomic E-state index is 11.1. The highest BCUT2D eigenvalue weighted by atomic mass is 16.5. The summed E-state index contributed by atoms with van der Waals surface area (Å²) in [5.41, 5.74) is 0. The van der Waals surface area contributed by atoms with Crippen molar-refractivity contribution in [1.82, 2.24) is 0 Å². The van der Waals surface area contributed by atoms with Crippen molar-refractivity contribution in [3.63, 3.8) is 0 Å². The maximum Gasteiger partial charge on any atom is 0.309 e. The zero-order valence-electron chi connectivity index (χ0n) is 8.32. The smallest absolute Gasteiger partial charge is 0.309 e. The molecule has 0 aromatic rings. The lowest BCUT2D eigenvalue weighted by Gasteiger charge is -2.17. The second-order valence-corrected chi connectivity index (χ2v) is 4.22. The topological polar surface area (TPSA) is 26.3 Å².